The number of hydrogen-bond donors (Lipinski definition) is 1. The van der Waals surface area contributed by atoms with E-state index in [1.54, 1.807) is 12.3 Å². The molecule has 2 aromatic rings. The summed E-state index contributed by atoms with van der Waals surface area (Å²) in [5, 5.41) is 3.20. The second-order valence-corrected chi connectivity index (χ2v) is 3.94. The largest absolute Gasteiger partial charge is 0.340 e. The van der Waals surface area contributed by atoms with Crippen LogP contribution in [0.25, 0.3) is 6.08 Å². The maximum Gasteiger partial charge on any atom is 0.129 e. The minimum atomic E-state index is 0.721. The summed E-state index contributed by atoms with van der Waals surface area (Å²) in [4.78, 5) is 4.34. The number of rotatable bonds is 4. The van der Waals surface area contributed by atoms with E-state index >= 15 is 0 Å². The lowest BCUT2D eigenvalue weighted by Gasteiger charge is -2.04. The Labute approximate surface area is 113 Å². The van der Waals surface area contributed by atoms with E-state index in [1.807, 2.05) is 66.7 Å². The number of nitrogens with one attached hydrogen (secondary N) is 1. The van der Waals surface area contributed by atoms with Crippen LogP contribution in [0.3, 0.4) is 0 Å². The molecule has 0 aliphatic heterocycles. The van der Waals surface area contributed by atoms with Crippen LogP contribution in [0.2, 0.25) is 0 Å². The average molecular weight is 248 g/mol. The Morgan fingerprint density at radius 1 is 0.947 bits per heavy atom. The van der Waals surface area contributed by atoms with Gasteiger partial charge in [0.2, 0.25) is 0 Å². The van der Waals surface area contributed by atoms with Crippen molar-refractivity contribution in [3.63, 3.8) is 0 Å². The van der Waals surface area contributed by atoms with E-state index in [4.69, 9.17) is 0 Å². The molecule has 0 heterocycles. The summed E-state index contributed by atoms with van der Waals surface area (Å²) in [6, 6.07) is 20.0. The van der Waals surface area contributed by atoms with Crippen LogP contribution in [0.1, 0.15) is 5.56 Å². The highest BCUT2D eigenvalue weighted by atomic mass is 15.0. The number of hydrogen-bond acceptors (Lipinski definition) is 1. The van der Waals surface area contributed by atoms with Crippen LogP contribution in [0.15, 0.2) is 84.5 Å². The molecule has 0 radical (unpaired) electrons. The standard InChI is InChI=1S/C17H16N2/c1-2-17(19-16-11-7-4-8-12-16)18-14-13-15-9-5-3-6-10-15/h2-14H,1H2,(H,18,19)/b14-13-. The van der Waals surface area contributed by atoms with Gasteiger partial charge in [-0.3, -0.25) is 0 Å². The molecular weight excluding hydrogens is 232 g/mol. The second kappa shape index (κ2) is 6.97. The third-order valence-electron chi connectivity index (χ3n) is 2.52. The van der Waals surface area contributed by atoms with E-state index in [2.05, 4.69) is 16.9 Å². The van der Waals surface area contributed by atoms with Crippen LogP contribution in [0, 0.1) is 0 Å². The van der Waals surface area contributed by atoms with Crippen molar-refractivity contribution in [2.45, 2.75) is 0 Å². The van der Waals surface area contributed by atoms with Gasteiger partial charge in [0.25, 0.3) is 0 Å². The molecule has 0 unspecified atom stereocenters. The lowest BCUT2D eigenvalue weighted by molar-refractivity contribution is 1.53. The van der Waals surface area contributed by atoms with Gasteiger partial charge >= 0.3 is 0 Å². The maximum atomic E-state index is 4.34. The quantitative estimate of drug-likeness (QED) is 0.631. The Bertz CT molecular complexity index is 569. The highest BCUT2D eigenvalue weighted by Crippen LogP contribution is 2.06. The van der Waals surface area contributed by atoms with Gasteiger partial charge in [0.05, 0.1) is 0 Å². The fourth-order valence-corrected chi connectivity index (χ4v) is 1.57. The minimum Gasteiger partial charge on any atom is -0.340 e. The summed E-state index contributed by atoms with van der Waals surface area (Å²) in [6.07, 6.45) is 5.42. The molecule has 0 bridgehead atoms. The summed E-state index contributed by atoms with van der Waals surface area (Å²) < 4.78 is 0. The predicted octanol–water partition coefficient (Wildman–Crippen LogP) is 4.35. The monoisotopic (exact) mass is 248 g/mol. The predicted molar refractivity (Wildman–Crippen MR) is 83.2 cm³/mol. The van der Waals surface area contributed by atoms with E-state index < -0.39 is 0 Å². The molecule has 19 heavy (non-hydrogen) atoms. The third-order valence-corrected chi connectivity index (χ3v) is 2.52. The topological polar surface area (TPSA) is 24.4 Å². The highest BCUT2D eigenvalue weighted by molar-refractivity contribution is 6.03. The zero-order valence-corrected chi connectivity index (χ0v) is 10.7. The fourth-order valence-electron chi connectivity index (χ4n) is 1.57. The first-order valence-corrected chi connectivity index (χ1v) is 6.12. The smallest absolute Gasteiger partial charge is 0.129 e. The summed E-state index contributed by atoms with van der Waals surface area (Å²) in [5.74, 6) is 0.721. The zero-order valence-electron chi connectivity index (χ0n) is 10.7. The number of nitrogens with zero attached hydrogens (tertiary/aromatic N) is 1. The van der Waals surface area contributed by atoms with Crippen LogP contribution in [-0.4, -0.2) is 5.84 Å². The SMILES string of the molecule is C=CC(=N/C=C\c1ccccc1)Nc1ccccc1. The van der Waals surface area contributed by atoms with E-state index in [-0.39, 0.29) is 0 Å². The number of anilines is 1. The van der Waals surface area contributed by atoms with Crippen molar-refractivity contribution >= 4 is 17.6 Å². The Morgan fingerprint density at radius 3 is 2.21 bits per heavy atom. The molecule has 1 N–H and O–H groups in total. The molecule has 2 rings (SSSR count). The molecule has 0 aliphatic carbocycles. The molecule has 0 atom stereocenters. The van der Waals surface area contributed by atoms with Gasteiger partial charge in [-0.15, -0.1) is 0 Å². The van der Waals surface area contributed by atoms with Crippen LogP contribution in [0.5, 0.6) is 0 Å². The molecule has 2 nitrogen and oxygen atoms in total. The molecule has 2 heteroatoms. The second-order valence-electron chi connectivity index (χ2n) is 3.94. The molecule has 0 amide bonds. The van der Waals surface area contributed by atoms with Gasteiger partial charge in [-0.2, -0.15) is 0 Å². The summed E-state index contributed by atoms with van der Waals surface area (Å²) in [5.41, 5.74) is 2.11. The molecule has 0 saturated heterocycles. The lowest BCUT2D eigenvalue weighted by Crippen LogP contribution is -2.07. The molecule has 2 aromatic carbocycles. The summed E-state index contributed by atoms with van der Waals surface area (Å²) >= 11 is 0. The summed E-state index contributed by atoms with van der Waals surface area (Å²) in [6.45, 7) is 3.76. The number of benzene rings is 2. The lowest BCUT2D eigenvalue weighted by atomic mass is 10.2. The van der Waals surface area contributed by atoms with Crippen molar-refractivity contribution in [2.24, 2.45) is 4.99 Å². The van der Waals surface area contributed by atoms with E-state index in [0.29, 0.717) is 0 Å². The van der Waals surface area contributed by atoms with Gasteiger partial charge in [0.15, 0.2) is 0 Å². The molecule has 0 fully saturated rings. The Kier molecular flexibility index (Phi) is 4.71. The van der Waals surface area contributed by atoms with Crippen LogP contribution < -0.4 is 5.32 Å². The van der Waals surface area contributed by atoms with Crippen molar-refractivity contribution in [3.05, 3.63) is 85.1 Å². The van der Waals surface area contributed by atoms with Crippen molar-refractivity contribution in [1.29, 1.82) is 0 Å². The molecular formula is C17H16N2. The Morgan fingerprint density at radius 2 is 1.58 bits per heavy atom. The van der Waals surface area contributed by atoms with Crippen LogP contribution in [-0.2, 0) is 0 Å². The molecule has 0 saturated carbocycles. The number of aliphatic imine (C=N–C) groups is 1. The third kappa shape index (κ3) is 4.28. The minimum absolute atomic E-state index is 0.721. The molecule has 0 aromatic heterocycles. The zero-order chi connectivity index (χ0) is 13.3. The number of amidine groups is 1. The van der Waals surface area contributed by atoms with E-state index in [9.17, 15) is 0 Å². The van der Waals surface area contributed by atoms with Gasteiger partial charge < -0.3 is 5.32 Å². The molecule has 94 valence electrons. The summed E-state index contributed by atoms with van der Waals surface area (Å²) in [7, 11) is 0. The van der Waals surface area contributed by atoms with Gasteiger partial charge in [0.1, 0.15) is 5.84 Å². The van der Waals surface area contributed by atoms with Crippen LogP contribution in [0.4, 0.5) is 5.69 Å². The molecule has 0 aliphatic rings. The first-order valence-electron chi connectivity index (χ1n) is 6.12. The normalized spacial score (nSPS) is 11.5. The first kappa shape index (κ1) is 12.8. The van der Waals surface area contributed by atoms with Crippen molar-refractivity contribution in [2.75, 3.05) is 5.32 Å². The van der Waals surface area contributed by atoms with E-state index in [0.717, 1.165) is 17.1 Å². The van der Waals surface area contributed by atoms with Crippen LogP contribution >= 0.6 is 0 Å². The first-order chi connectivity index (χ1) is 9.38. The van der Waals surface area contributed by atoms with Crippen molar-refractivity contribution in [3.8, 4) is 0 Å². The highest BCUT2D eigenvalue weighted by Gasteiger charge is 1.92. The Balaban J connectivity index is 2.04. The van der Waals surface area contributed by atoms with Crippen molar-refractivity contribution < 1.29 is 0 Å². The van der Waals surface area contributed by atoms with E-state index in [1.165, 1.54) is 0 Å². The number of para-hydroxylation sites is 1. The molecule has 0 spiro atoms. The van der Waals surface area contributed by atoms with Gasteiger partial charge in [-0.1, -0.05) is 55.1 Å². The van der Waals surface area contributed by atoms with Gasteiger partial charge in [0, 0.05) is 11.9 Å². The van der Waals surface area contributed by atoms with Gasteiger partial charge in [-0.05, 0) is 29.8 Å². The maximum absolute atomic E-state index is 4.34. The van der Waals surface area contributed by atoms with Gasteiger partial charge in [-0.25, -0.2) is 4.99 Å². The van der Waals surface area contributed by atoms with Crippen molar-refractivity contribution in [1.82, 2.24) is 0 Å². The Hall–Kier alpha value is -2.61. The fraction of sp³-hybridized carbons (Fsp3) is 0. The average Bonchev–Trinajstić information content (AvgIpc) is 2.48.